The zero-order valence-electron chi connectivity index (χ0n) is 23.8. The first-order valence-corrected chi connectivity index (χ1v) is 15.2. The van der Waals surface area contributed by atoms with Gasteiger partial charge in [-0.3, -0.25) is 9.88 Å². The first-order valence-electron chi connectivity index (χ1n) is 15.2. The molecule has 42 heavy (non-hydrogen) atoms. The molecule has 8 rings (SSSR count). The Morgan fingerprint density at radius 1 is 1.07 bits per heavy atom. The molecule has 3 aliphatic heterocycles. The van der Waals surface area contributed by atoms with Crippen molar-refractivity contribution in [3.05, 3.63) is 53.7 Å². The molecular weight excluding hydrogens is 539 g/mol. The largest absolute Gasteiger partial charge is 0.461 e. The van der Waals surface area contributed by atoms with Crippen LogP contribution < -0.4 is 9.64 Å². The number of aromatic nitrogens is 3. The van der Waals surface area contributed by atoms with Crippen molar-refractivity contribution in [2.24, 2.45) is 11.8 Å². The van der Waals surface area contributed by atoms with Crippen molar-refractivity contribution in [3.63, 3.8) is 0 Å². The number of alkyl halides is 1. The smallest absolute Gasteiger partial charge is 0.319 e. The molecule has 5 heterocycles. The molecule has 0 spiro atoms. The normalized spacial score (nSPS) is 27.3. The van der Waals surface area contributed by atoms with Gasteiger partial charge < -0.3 is 9.64 Å². The van der Waals surface area contributed by atoms with E-state index in [4.69, 9.17) is 9.72 Å². The van der Waals surface area contributed by atoms with Crippen LogP contribution in [-0.2, 0) is 0 Å². The lowest BCUT2D eigenvalue weighted by molar-refractivity contribution is 0.107. The summed E-state index contributed by atoms with van der Waals surface area (Å²) in [5.41, 5.74) is 1.05. The van der Waals surface area contributed by atoms with Crippen molar-refractivity contribution in [1.29, 1.82) is 0 Å². The molecule has 2 unspecified atom stereocenters. The van der Waals surface area contributed by atoms with Crippen LogP contribution in [0.3, 0.4) is 0 Å². The third-order valence-electron chi connectivity index (χ3n) is 10.1. The van der Waals surface area contributed by atoms with E-state index in [0.717, 1.165) is 38.0 Å². The van der Waals surface area contributed by atoms with Crippen LogP contribution in [0, 0.1) is 30.4 Å². The molecule has 218 valence electrons. The van der Waals surface area contributed by atoms with Crippen molar-refractivity contribution < 1.29 is 17.9 Å². The zero-order chi connectivity index (χ0) is 28.6. The molecule has 2 aromatic carbocycles. The van der Waals surface area contributed by atoms with Gasteiger partial charge in [-0.1, -0.05) is 18.2 Å². The number of ether oxygens (including phenoxy) is 1. The van der Waals surface area contributed by atoms with Crippen LogP contribution in [0.4, 0.5) is 19.0 Å². The number of pyridine rings is 1. The lowest BCUT2D eigenvalue weighted by atomic mass is 9.95. The van der Waals surface area contributed by atoms with Gasteiger partial charge in [0.1, 0.15) is 35.6 Å². The Bertz CT molecular complexity index is 1700. The Morgan fingerprint density at radius 3 is 2.74 bits per heavy atom. The van der Waals surface area contributed by atoms with E-state index in [1.54, 1.807) is 18.3 Å². The Kier molecular flexibility index (Phi) is 6.11. The van der Waals surface area contributed by atoms with E-state index in [2.05, 4.69) is 19.8 Å². The third-order valence-corrected chi connectivity index (χ3v) is 10.1. The average molecular weight is 574 g/mol. The van der Waals surface area contributed by atoms with Gasteiger partial charge >= 0.3 is 6.01 Å². The van der Waals surface area contributed by atoms with E-state index in [9.17, 15) is 4.39 Å². The number of anilines is 1. The van der Waals surface area contributed by atoms with Gasteiger partial charge in [0.05, 0.1) is 10.9 Å². The monoisotopic (exact) mass is 573 g/mol. The summed E-state index contributed by atoms with van der Waals surface area (Å²) in [6.07, 6.45) is 6.64. The highest BCUT2D eigenvalue weighted by Gasteiger charge is 2.49. The van der Waals surface area contributed by atoms with Crippen molar-refractivity contribution in [1.82, 2.24) is 19.9 Å². The number of nitrogens with zero attached hydrogens (tertiary/aromatic N) is 5. The second-order valence-corrected chi connectivity index (χ2v) is 13.0. The van der Waals surface area contributed by atoms with Crippen molar-refractivity contribution >= 4 is 27.5 Å². The van der Waals surface area contributed by atoms with E-state index in [1.165, 1.54) is 25.3 Å². The highest BCUT2D eigenvalue weighted by molar-refractivity contribution is 5.99. The molecular formula is C33H34F3N5O. The maximum atomic E-state index is 16.6. The Morgan fingerprint density at radius 2 is 1.90 bits per heavy atom. The summed E-state index contributed by atoms with van der Waals surface area (Å²) in [6.45, 7) is 5.14. The molecule has 2 bridgehead atoms. The highest BCUT2D eigenvalue weighted by atomic mass is 19.1. The van der Waals surface area contributed by atoms with Crippen LogP contribution in [0.2, 0.25) is 0 Å². The summed E-state index contributed by atoms with van der Waals surface area (Å²) >= 11 is 0. The van der Waals surface area contributed by atoms with E-state index < -0.39 is 17.8 Å². The molecule has 1 aliphatic carbocycles. The molecule has 0 radical (unpaired) electrons. The van der Waals surface area contributed by atoms with Gasteiger partial charge in [0.15, 0.2) is 5.82 Å². The third kappa shape index (κ3) is 4.22. The molecule has 4 aliphatic rings. The first-order chi connectivity index (χ1) is 20.4. The molecule has 3 saturated heterocycles. The SMILES string of the molecule is Cc1cc(-c2ncc3c(N4CC5CCC(C5)C4)nc(OC[C@@]45CCCN4C[C@H](F)C5)nc3c2F)c2c(F)cccc2c1. The summed E-state index contributed by atoms with van der Waals surface area (Å²) in [7, 11) is 0. The second kappa shape index (κ2) is 9.79. The number of piperidine rings is 1. The highest BCUT2D eigenvalue weighted by Crippen LogP contribution is 2.43. The minimum atomic E-state index is -0.874. The van der Waals surface area contributed by atoms with Gasteiger partial charge in [0.2, 0.25) is 0 Å². The van der Waals surface area contributed by atoms with Crippen LogP contribution in [0.1, 0.15) is 44.1 Å². The second-order valence-electron chi connectivity index (χ2n) is 13.0. The molecule has 9 heteroatoms. The van der Waals surface area contributed by atoms with Gasteiger partial charge in [0.25, 0.3) is 0 Å². The summed E-state index contributed by atoms with van der Waals surface area (Å²) in [6, 6.07) is 8.60. The van der Waals surface area contributed by atoms with Crippen LogP contribution in [0.15, 0.2) is 36.5 Å². The fourth-order valence-electron chi connectivity index (χ4n) is 8.26. The minimum Gasteiger partial charge on any atom is -0.461 e. The number of rotatable bonds is 5. The maximum absolute atomic E-state index is 16.6. The van der Waals surface area contributed by atoms with Gasteiger partial charge in [0, 0.05) is 43.2 Å². The molecule has 4 atom stereocenters. The summed E-state index contributed by atoms with van der Waals surface area (Å²) in [5, 5.41) is 1.54. The minimum absolute atomic E-state index is 0.0484. The van der Waals surface area contributed by atoms with E-state index in [1.807, 2.05) is 19.1 Å². The van der Waals surface area contributed by atoms with Crippen LogP contribution >= 0.6 is 0 Å². The van der Waals surface area contributed by atoms with Crippen molar-refractivity contribution in [3.8, 4) is 17.3 Å². The molecule has 2 aromatic heterocycles. The van der Waals surface area contributed by atoms with Crippen molar-refractivity contribution in [2.45, 2.75) is 57.2 Å². The predicted molar refractivity (Wildman–Crippen MR) is 157 cm³/mol. The number of fused-ring (bicyclic) bond motifs is 5. The molecule has 6 nitrogen and oxygen atoms in total. The Hall–Kier alpha value is -3.46. The average Bonchev–Trinajstić information content (AvgIpc) is 3.61. The molecule has 0 N–H and O–H groups in total. The van der Waals surface area contributed by atoms with Gasteiger partial charge in [-0.2, -0.15) is 9.97 Å². The molecule has 4 aromatic rings. The number of halogens is 3. The van der Waals surface area contributed by atoms with Crippen LogP contribution in [0.25, 0.3) is 32.9 Å². The number of benzene rings is 2. The Labute approximate surface area is 242 Å². The molecule has 4 fully saturated rings. The van der Waals surface area contributed by atoms with Gasteiger partial charge in [-0.25, -0.2) is 13.2 Å². The van der Waals surface area contributed by atoms with Crippen molar-refractivity contribution in [2.75, 3.05) is 37.7 Å². The van der Waals surface area contributed by atoms with E-state index in [-0.39, 0.29) is 29.4 Å². The van der Waals surface area contributed by atoms with Crippen LogP contribution in [0.5, 0.6) is 6.01 Å². The predicted octanol–water partition coefficient (Wildman–Crippen LogP) is 6.62. The zero-order valence-corrected chi connectivity index (χ0v) is 23.8. The summed E-state index contributed by atoms with van der Waals surface area (Å²) < 4.78 is 52.4. The number of hydrogen-bond donors (Lipinski definition) is 0. The Balaban J connectivity index is 1.26. The fourth-order valence-corrected chi connectivity index (χ4v) is 8.26. The number of aryl methyl sites for hydroxylation is 1. The van der Waals surface area contributed by atoms with Crippen LogP contribution in [-0.4, -0.2) is 64.3 Å². The summed E-state index contributed by atoms with van der Waals surface area (Å²) in [4.78, 5) is 18.4. The maximum Gasteiger partial charge on any atom is 0.319 e. The van der Waals surface area contributed by atoms with Gasteiger partial charge in [-0.05, 0) is 80.5 Å². The molecule has 0 amide bonds. The lowest BCUT2D eigenvalue weighted by Gasteiger charge is -2.34. The van der Waals surface area contributed by atoms with E-state index in [0.29, 0.717) is 52.3 Å². The first kappa shape index (κ1) is 26.2. The quantitative estimate of drug-likeness (QED) is 0.267. The lowest BCUT2D eigenvalue weighted by Crippen LogP contribution is -2.43. The topological polar surface area (TPSA) is 54.4 Å². The standard InChI is InChI=1S/C33H34F3N5O/c1-19-10-22-4-2-5-26(35)27(22)24(11-19)29-28(36)30-25(14-37-29)31(40-15-20-6-7-21(12-20)16-40)39-32(38-30)42-18-33-8-3-9-41(33)17-23(34)13-33/h2,4-5,10-11,14,20-21,23H,3,6-9,12-13,15-18H2,1H3/t20?,21?,23-,33+/m1/s1. The van der Waals surface area contributed by atoms with Gasteiger partial charge in [-0.15, -0.1) is 0 Å². The summed E-state index contributed by atoms with van der Waals surface area (Å²) in [5.74, 6) is 0.746. The fraction of sp³-hybridized carbons (Fsp3) is 0.485. The van der Waals surface area contributed by atoms with E-state index >= 15 is 8.78 Å². The molecule has 1 saturated carbocycles. The number of hydrogen-bond acceptors (Lipinski definition) is 6.